The molecule has 21 heavy (non-hydrogen) atoms. The number of benzene rings is 1. The second-order valence-corrected chi connectivity index (χ2v) is 8.12. The Kier molecular flexibility index (Phi) is 4.94. The zero-order valence-corrected chi connectivity index (χ0v) is 13.9. The minimum absolute atomic E-state index is 0.0272. The lowest BCUT2D eigenvalue weighted by Crippen LogP contribution is -2.38. The zero-order chi connectivity index (χ0) is 15.6. The van der Waals surface area contributed by atoms with Gasteiger partial charge in [-0.1, -0.05) is 13.3 Å². The van der Waals surface area contributed by atoms with E-state index in [0.717, 1.165) is 32.4 Å². The van der Waals surface area contributed by atoms with E-state index in [0.29, 0.717) is 17.0 Å². The molecule has 0 spiro atoms. The molecule has 0 aromatic heterocycles. The summed E-state index contributed by atoms with van der Waals surface area (Å²) in [5.41, 5.74) is 1.19. The summed E-state index contributed by atoms with van der Waals surface area (Å²) in [4.78, 5) is 14.4. The topological polar surface area (TPSA) is 54.5 Å². The minimum Gasteiger partial charge on any atom is -0.339 e. The number of amides is 1. The molecule has 1 fully saturated rings. The summed E-state index contributed by atoms with van der Waals surface area (Å²) in [6.45, 7) is 5.45. The molecule has 1 aliphatic heterocycles. The van der Waals surface area contributed by atoms with Gasteiger partial charge >= 0.3 is 0 Å². The number of carbonyl (C=O) groups is 1. The van der Waals surface area contributed by atoms with E-state index in [1.165, 1.54) is 12.1 Å². The summed E-state index contributed by atoms with van der Waals surface area (Å²) in [5.74, 6) is 0.680. The van der Waals surface area contributed by atoms with E-state index in [2.05, 4.69) is 6.92 Å². The van der Waals surface area contributed by atoms with Crippen LogP contribution in [0.2, 0.25) is 0 Å². The van der Waals surface area contributed by atoms with Gasteiger partial charge < -0.3 is 4.90 Å². The van der Waals surface area contributed by atoms with Crippen molar-refractivity contribution in [2.45, 2.75) is 38.0 Å². The Bertz CT molecular complexity index is 634. The summed E-state index contributed by atoms with van der Waals surface area (Å²) in [6, 6.07) is 4.40. The van der Waals surface area contributed by atoms with Crippen LogP contribution < -0.4 is 0 Å². The van der Waals surface area contributed by atoms with Crippen LogP contribution in [0, 0.1) is 12.8 Å². The average molecular weight is 330 g/mol. The van der Waals surface area contributed by atoms with Gasteiger partial charge in [0.1, 0.15) is 0 Å². The standard InChI is InChI=1S/C15H20ClNO3S/c1-3-12-6-8-17(9-7-12)15(18)14-5-4-13(10-11(14)2)21(16,19)20/h4-5,10,12H,3,6-9H2,1-2H3. The first-order valence-corrected chi connectivity index (χ1v) is 9.48. The Morgan fingerprint density at radius 2 is 1.95 bits per heavy atom. The molecule has 0 saturated carbocycles. The molecule has 1 amide bonds. The molecule has 0 unspecified atom stereocenters. The number of carbonyl (C=O) groups excluding carboxylic acids is 1. The van der Waals surface area contributed by atoms with Gasteiger partial charge in [-0.05, 0) is 49.4 Å². The normalized spacial score (nSPS) is 17.0. The van der Waals surface area contributed by atoms with Crippen LogP contribution in [0.5, 0.6) is 0 Å². The second-order valence-electron chi connectivity index (χ2n) is 5.56. The van der Waals surface area contributed by atoms with E-state index in [4.69, 9.17) is 10.7 Å². The van der Waals surface area contributed by atoms with Gasteiger partial charge in [0.05, 0.1) is 4.90 Å². The monoisotopic (exact) mass is 329 g/mol. The molecule has 2 rings (SSSR count). The van der Waals surface area contributed by atoms with E-state index in [1.54, 1.807) is 13.0 Å². The molecule has 1 aromatic carbocycles. The van der Waals surface area contributed by atoms with Gasteiger partial charge in [-0.2, -0.15) is 0 Å². The fourth-order valence-electron chi connectivity index (χ4n) is 2.74. The van der Waals surface area contributed by atoms with Gasteiger partial charge in [0.25, 0.3) is 15.0 Å². The first-order valence-electron chi connectivity index (χ1n) is 7.17. The molecular formula is C15H20ClNO3S. The molecule has 4 nitrogen and oxygen atoms in total. The summed E-state index contributed by atoms with van der Waals surface area (Å²) in [6.07, 6.45) is 3.23. The van der Waals surface area contributed by atoms with Crippen molar-refractivity contribution in [3.63, 3.8) is 0 Å². The number of halogens is 1. The number of hydrogen-bond donors (Lipinski definition) is 0. The Labute approximate surface area is 130 Å². The Morgan fingerprint density at radius 1 is 1.33 bits per heavy atom. The molecule has 1 heterocycles. The second kappa shape index (κ2) is 6.36. The van der Waals surface area contributed by atoms with E-state index < -0.39 is 9.05 Å². The maximum atomic E-state index is 12.5. The largest absolute Gasteiger partial charge is 0.339 e. The molecule has 1 saturated heterocycles. The third-order valence-electron chi connectivity index (χ3n) is 4.19. The fourth-order valence-corrected chi connectivity index (χ4v) is 3.58. The summed E-state index contributed by atoms with van der Waals surface area (Å²) >= 11 is 0. The Hall–Kier alpha value is -1.07. The van der Waals surface area contributed by atoms with Gasteiger partial charge in [-0.15, -0.1) is 0 Å². The third-order valence-corrected chi connectivity index (χ3v) is 5.54. The average Bonchev–Trinajstić information content (AvgIpc) is 2.45. The molecule has 0 aliphatic carbocycles. The number of nitrogens with zero attached hydrogens (tertiary/aromatic N) is 1. The Morgan fingerprint density at radius 3 is 2.43 bits per heavy atom. The highest BCUT2D eigenvalue weighted by Gasteiger charge is 2.24. The number of hydrogen-bond acceptors (Lipinski definition) is 3. The molecular weight excluding hydrogens is 310 g/mol. The van der Waals surface area contributed by atoms with Gasteiger partial charge in [0, 0.05) is 29.3 Å². The molecule has 0 atom stereocenters. The van der Waals surface area contributed by atoms with Crippen molar-refractivity contribution in [2.24, 2.45) is 5.92 Å². The SMILES string of the molecule is CCC1CCN(C(=O)c2ccc(S(=O)(=O)Cl)cc2C)CC1. The lowest BCUT2D eigenvalue weighted by atomic mass is 9.94. The van der Waals surface area contributed by atoms with E-state index in [-0.39, 0.29) is 10.8 Å². The molecule has 1 aliphatic rings. The summed E-state index contributed by atoms with van der Waals surface area (Å²) < 4.78 is 22.6. The highest BCUT2D eigenvalue weighted by Crippen LogP contribution is 2.24. The number of rotatable bonds is 3. The quantitative estimate of drug-likeness (QED) is 0.800. The van der Waals surface area contributed by atoms with Crippen molar-refractivity contribution in [1.29, 1.82) is 0 Å². The van der Waals surface area contributed by atoms with Crippen LogP contribution in [0.3, 0.4) is 0 Å². The van der Waals surface area contributed by atoms with E-state index in [1.807, 2.05) is 4.90 Å². The van der Waals surface area contributed by atoms with Crippen LogP contribution in [0.1, 0.15) is 42.1 Å². The van der Waals surface area contributed by atoms with Crippen molar-refractivity contribution < 1.29 is 13.2 Å². The number of piperidine rings is 1. The van der Waals surface area contributed by atoms with Crippen LogP contribution in [-0.4, -0.2) is 32.3 Å². The van der Waals surface area contributed by atoms with Gasteiger partial charge in [-0.25, -0.2) is 8.42 Å². The van der Waals surface area contributed by atoms with Crippen molar-refractivity contribution >= 4 is 25.6 Å². The first-order chi connectivity index (χ1) is 9.82. The van der Waals surface area contributed by atoms with Crippen molar-refractivity contribution in [2.75, 3.05) is 13.1 Å². The molecule has 6 heteroatoms. The van der Waals surface area contributed by atoms with Crippen LogP contribution in [-0.2, 0) is 9.05 Å². The smallest absolute Gasteiger partial charge is 0.261 e. The van der Waals surface area contributed by atoms with Crippen LogP contribution in [0.4, 0.5) is 0 Å². The predicted octanol–water partition coefficient (Wildman–Crippen LogP) is 3.18. The molecule has 1 aromatic rings. The lowest BCUT2D eigenvalue weighted by molar-refractivity contribution is 0.0688. The van der Waals surface area contributed by atoms with E-state index in [9.17, 15) is 13.2 Å². The summed E-state index contributed by atoms with van der Waals surface area (Å²) in [5, 5.41) is 0. The first kappa shape index (κ1) is 16.3. The predicted molar refractivity (Wildman–Crippen MR) is 83.1 cm³/mol. The maximum Gasteiger partial charge on any atom is 0.261 e. The van der Waals surface area contributed by atoms with Crippen LogP contribution in [0.25, 0.3) is 0 Å². The minimum atomic E-state index is -3.76. The molecule has 0 radical (unpaired) electrons. The van der Waals surface area contributed by atoms with Crippen molar-refractivity contribution in [3.05, 3.63) is 29.3 Å². The highest BCUT2D eigenvalue weighted by atomic mass is 35.7. The lowest BCUT2D eigenvalue weighted by Gasteiger charge is -2.32. The van der Waals surface area contributed by atoms with Crippen molar-refractivity contribution in [3.8, 4) is 0 Å². The van der Waals surface area contributed by atoms with Gasteiger partial charge in [0.15, 0.2) is 0 Å². The fraction of sp³-hybridized carbons (Fsp3) is 0.533. The zero-order valence-electron chi connectivity index (χ0n) is 12.3. The highest BCUT2D eigenvalue weighted by molar-refractivity contribution is 8.13. The summed E-state index contributed by atoms with van der Waals surface area (Å²) in [7, 11) is 1.56. The van der Waals surface area contributed by atoms with Crippen LogP contribution in [0.15, 0.2) is 23.1 Å². The molecule has 0 N–H and O–H groups in total. The Balaban J connectivity index is 2.17. The van der Waals surface area contributed by atoms with Crippen molar-refractivity contribution in [1.82, 2.24) is 4.90 Å². The maximum absolute atomic E-state index is 12.5. The van der Waals surface area contributed by atoms with Crippen LogP contribution >= 0.6 is 10.7 Å². The van der Waals surface area contributed by atoms with Gasteiger partial charge in [-0.3, -0.25) is 4.79 Å². The van der Waals surface area contributed by atoms with Gasteiger partial charge in [0.2, 0.25) is 0 Å². The van der Waals surface area contributed by atoms with E-state index >= 15 is 0 Å². The third kappa shape index (κ3) is 3.77. The molecule has 0 bridgehead atoms. The molecule has 116 valence electrons. The number of aryl methyl sites for hydroxylation is 1. The number of likely N-dealkylation sites (tertiary alicyclic amines) is 1.